The number of rotatable bonds is 4. The van der Waals surface area contributed by atoms with Gasteiger partial charge < -0.3 is 4.90 Å². The molecule has 0 aliphatic rings. The fourth-order valence-electron chi connectivity index (χ4n) is 1.44. The highest BCUT2D eigenvalue weighted by Crippen LogP contribution is 2.29. The first-order chi connectivity index (χ1) is 8.21. The minimum absolute atomic E-state index is 0.0555. The molecular formula is C11H15F3N2OS. The molecule has 102 valence electrons. The lowest BCUT2D eigenvalue weighted by atomic mass is 10.2. The molecule has 0 saturated heterocycles. The van der Waals surface area contributed by atoms with Gasteiger partial charge in [0.25, 0.3) is 0 Å². The monoisotopic (exact) mass is 280 g/mol. The summed E-state index contributed by atoms with van der Waals surface area (Å²) in [5, 5.41) is 0. The summed E-state index contributed by atoms with van der Waals surface area (Å²) >= 11 is 0. The molecule has 1 aromatic rings. The maximum atomic E-state index is 12.4. The van der Waals surface area contributed by atoms with Gasteiger partial charge in [-0.2, -0.15) is 13.2 Å². The fourth-order valence-corrected chi connectivity index (χ4v) is 2.34. The van der Waals surface area contributed by atoms with Crippen molar-refractivity contribution in [2.24, 2.45) is 0 Å². The summed E-state index contributed by atoms with van der Waals surface area (Å²) in [6.45, 7) is 1.85. The van der Waals surface area contributed by atoms with Crippen LogP contribution >= 0.6 is 0 Å². The summed E-state index contributed by atoms with van der Waals surface area (Å²) in [6, 6.07) is 2.26. The van der Waals surface area contributed by atoms with E-state index in [-0.39, 0.29) is 6.04 Å². The predicted molar refractivity (Wildman–Crippen MR) is 66.0 cm³/mol. The van der Waals surface area contributed by atoms with Crippen molar-refractivity contribution in [3.8, 4) is 0 Å². The Morgan fingerprint density at radius 3 is 2.44 bits per heavy atom. The van der Waals surface area contributed by atoms with Crippen molar-refractivity contribution in [1.82, 2.24) is 4.98 Å². The molecule has 0 bridgehead atoms. The molecule has 0 fully saturated rings. The average Bonchev–Trinajstić information content (AvgIpc) is 2.26. The molecule has 0 aliphatic carbocycles. The van der Waals surface area contributed by atoms with Gasteiger partial charge in [-0.25, -0.2) is 4.98 Å². The van der Waals surface area contributed by atoms with Gasteiger partial charge in [0, 0.05) is 42.1 Å². The van der Waals surface area contributed by atoms with Crippen LogP contribution in [0, 0.1) is 0 Å². The Kier molecular flexibility index (Phi) is 4.72. The number of halogens is 3. The molecule has 1 heterocycles. The molecule has 0 spiro atoms. The molecule has 0 saturated carbocycles. The van der Waals surface area contributed by atoms with E-state index in [4.69, 9.17) is 0 Å². The number of pyridine rings is 1. The van der Waals surface area contributed by atoms with E-state index >= 15 is 0 Å². The number of hydrogen-bond donors (Lipinski definition) is 0. The van der Waals surface area contributed by atoms with Crippen molar-refractivity contribution in [2.45, 2.75) is 19.1 Å². The van der Waals surface area contributed by atoms with E-state index in [1.165, 1.54) is 6.07 Å². The molecule has 3 nitrogen and oxygen atoms in total. The molecule has 2 atom stereocenters. The van der Waals surface area contributed by atoms with Gasteiger partial charge in [-0.05, 0) is 19.1 Å². The van der Waals surface area contributed by atoms with E-state index < -0.39 is 22.5 Å². The zero-order valence-electron chi connectivity index (χ0n) is 10.4. The van der Waals surface area contributed by atoms with E-state index in [2.05, 4.69) is 4.98 Å². The van der Waals surface area contributed by atoms with E-state index in [9.17, 15) is 17.4 Å². The first kappa shape index (κ1) is 14.9. The van der Waals surface area contributed by atoms with Crippen LogP contribution in [0.25, 0.3) is 0 Å². The molecule has 7 heteroatoms. The smallest absolute Gasteiger partial charge is 0.356 e. The van der Waals surface area contributed by atoms with Crippen molar-refractivity contribution in [2.75, 3.05) is 24.0 Å². The molecule has 0 unspecified atom stereocenters. The Hall–Kier alpha value is -1.11. The molecule has 0 aromatic carbocycles. The van der Waals surface area contributed by atoms with Gasteiger partial charge in [0.15, 0.2) is 0 Å². The van der Waals surface area contributed by atoms with Crippen LogP contribution in [0.3, 0.4) is 0 Å². The van der Waals surface area contributed by atoms with Crippen LogP contribution < -0.4 is 4.90 Å². The fraction of sp³-hybridized carbons (Fsp3) is 0.545. The van der Waals surface area contributed by atoms with Crippen molar-refractivity contribution in [3.05, 3.63) is 23.9 Å². The Morgan fingerprint density at radius 1 is 1.44 bits per heavy atom. The minimum Gasteiger partial charge on any atom is -0.356 e. The van der Waals surface area contributed by atoms with Crippen molar-refractivity contribution in [1.29, 1.82) is 0 Å². The molecule has 1 rings (SSSR count). The van der Waals surface area contributed by atoms with E-state index in [0.29, 0.717) is 11.6 Å². The number of anilines is 1. The molecule has 1 aromatic heterocycles. The third kappa shape index (κ3) is 3.97. The van der Waals surface area contributed by atoms with Crippen LogP contribution in [0.2, 0.25) is 0 Å². The zero-order valence-corrected chi connectivity index (χ0v) is 11.2. The topological polar surface area (TPSA) is 33.2 Å². The highest BCUT2D eigenvalue weighted by atomic mass is 32.2. The van der Waals surface area contributed by atoms with Crippen molar-refractivity contribution in [3.63, 3.8) is 0 Å². The van der Waals surface area contributed by atoms with Crippen LogP contribution in [-0.4, -0.2) is 34.3 Å². The summed E-state index contributed by atoms with van der Waals surface area (Å²) in [5.74, 6) is 0.875. The van der Waals surface area contributed by atoms with Crippen LogP contribution in [0.15, 0.2) is 18.3 Å². The molecule has 0 N–H and O–H groups in total. The minimum atomic E-state index is -4.37. The van der Waals surface area contributed by atoms with Gasteiger partial charge in [-0.1, -0.05) is 0 Å². The second-order valence-corrected chi connectivity index (χ2v) is 5.58. The third-order valence-corrected chi connectivity index (χ3v) is 3.53. The van der Waals surface area contributed by atoms with Gasteiger partial charge in [0.1, 0.15) is 5.82 Å². The van der Waals surface area contributed by atoms with Gasteiger partial charge >= 0.3 is 6.18 Å². The first-order valence-corrected chi connectivity index (χ1v) is 7.00. The van der Waals surface area contributed by atoms with Gasteiger partial charge in [-0.3, -0.25) is 4.21 Å². The Labute approximate surface area is 106 Å². The highest BCUT2D eigenvalue weighted by molar-refractivity contribution is 7.84. The summed E-state index contributed by atoms with van der Waals surface area (Å²) < 4.78 is 48.2. The maximum Gasteiger partial charge on any atom is 0.417 e. The van der Waals surface area contributed by atoms with Gasteiger partial charge in [-0.15, -0.1) is 0 Å². The highest BCUT2D eigenvalue weighted by Gasteiger charge is 2.30. The molecule has 0 aliphatic heterocycles. The van der Waals surface area contributed by atoms with Crippen molar-refractivity contribution < 1.29 is 17.4 Å². The normalized spacial score (nSPS) is 15.2. The number of aromatic nitrogens is 1. The second kappa shape index (κ2) is 5.69. The van der Waals surface area contributed by atoms with Crippen LogP contribution in [0.1, 0.15) is 12.5 Å². The molecule has 18 heavy (non-hydrogen) atoms. The summed E-state index contributed by atoms with van der Waals surface area (Å²) in [4.78, 5) is 5.49. The Bertz CT molecular complexity index is 419. The molecular weight excluding hydrogens is 265 g/mol. The predicted octanol–water partition coefficient (Wildman–Crippen LogP) is 2.30. The van der Waals surface area contributed by atoms with Gasteiger partial charge in [0.2, 0.25) is 0 Å². The lowest BCUT2D eigenvalue weighted by molar-refractivity contribution is -0.137. The summed E-state index contributed by atoms with van der Waals surface area (Å²) in [5.41, 5.74) is -0.772. The number of hydrogen-bond acceptors (Lipinski definition) is 3. The van der Waals surface area contributed by atoms with E-state index in [1.54, 1.807) is 18.2 Å². The summed E-state index contributed by atoms with van der Waals surface area (Å²) in [7, 11) is 0.757. The van der Waals surface area contributed by atoms with Crippen LogP contribution in [0.5, 0.6) is 0 Å². The molecule has 0 radical (unpaired) electrons. The second-order valence-electron chi connectivity index (χ2n) is 4.10. The van der Waals surface area contributed by atoms with E-state index in [1.807, 2.05) is 6.92 Å². The summed E-state index contributed by atoms with van der Waals surface area (Å²) in [6.07, 6.45) is -1.98. The molecule has 0 amide bonds. The quantitative estimate of drug-likeness (QED) is 0.848. The Balaban J connectivity index is 2.82. The van der Waals surface area contributed by atoms with Gasteiger partial charge in [0.05, 0.1) is 5.56 Å². The standard InChI is InChI=1S/C11H15F3N2OS/c1-8(7-18(3)17)16(2)10-5-4-9(6-15-10)11(12,13)14/h4-6,8H,7H2,1-3H3/t8-,18-/m1/s1. The van der Waals surface area contributed by atoms with Crippen LogP contribution in [0.4, 0.5) is 19.0 Å². The largest absolute Gasteiger partial charge is 0.417 e. The zero-order chi connectivity index (χ0) is 13.9. The average molecular weight is 280 g/mol. The number of alkyl halides is 3. The van der Waals surface area contributed by atoms with Crippen molar-refractivity contribution >= 4 is 16.6 Å². The lowest BCUT2D eigenvalue weighted by Gasteiger charge is -2.25. The maximum absolute atomic E-state index is 12.4. The first-order valence-electron chi connectivity index (χ1n) is 5.28. The van der Waals surface area contributed by atoms with E-state index in [0.717, 1.165) is 12.3 Å². The Morgan fingerprint density at radius 2 is 2.06 bits per heavy atom. The lowest BCUT2D eigenvalue weighted by Crippen LogP contribution is -2.33. The van der Waals surface area contributed by atoms with Crippen LogP contribution in [-0.2, 0) is 17.0 Å². The third-order valence-electron chi connectivity index (χ3n) is 2.57. The number of nitrogens with zero attached hydrogens (tertiary/aromatic N) is 2. The SMILES string of the molecule is C[C@H](C[S@@](C)=O)N(C)c1ccc(C(F)(F)F)cn1.